The summed E-state index contributed by atoms with van der Waals surface area (Å²) in [4.78, 5) is 4.32. The Kier molecular flexibility index (Phi) is 3.94. The Bertz CT molecular complexity index is 497. The summed E-state index contributed by atoms with van der Waals surface area (Å²) in [6, 6.07) is 9.82. The summed E-state index contributed by atoms with van der Waals surface area (Å²) in [6.07, 6.45) is 2.11. The van der Waals surface area contributed by atoms with E-state index in [-0.39, 0.29) is 6.61 Å². The maximum atomic E-state index is 9.18. The highest BCUT2D eigenvalue weighted by atomic mass is 16.5. The third-order valence-electron chi connectivity index (χ3n) is 2.66. The zero-order valence-corrected chi connectivity index (χ0v) is 10.0. The Morgan fingerprint density at radius 2 is 2.12 bits per heavy atom. The topological polar surface area (TPSA) is 42.4 Å². The normalized spacial score (nSPS) is 10.7. The molecule has 0 saturated carbocycles. The van der Waals surface area contributed by atoms with Gasteiger partial charge in [-0.3, -0.25) is 0 Å². The van der Waals surface area contributed by atoms with E-state index in [0.717, 1.165) is 23.6 Å². The van der Waals surface area contributed by atoms with E-state index in [4.69, 9.17) is 4.74 Å². The number of aliphatic hydroxyl groups excluding tert-OH is 1. The summed E-state index contributed by atoms with van der Waals surface area (Å²) in [5.74, 6) is 0.626. The van der Waals surface area contributed by atoms with E-state index >= 15 is 0 Å². The van der Waals surface area contributed by atoms with Gasteiger partial charge in [-0.1, -0.05) is 31.5 Å². The van der Waals surface area contributed by atoms with Gasteiger partial charge >= 0.3 is 0 Å². The smallest absolute Gasteiger partial charge is 0.221 e. The first kappa shape index (κ1) is 11.9. The van der Waals surface area contributed by atoms with Crippen molar-refractivity contribution in [1.82, 2.24) is 4.98 Å². The molecule has 0 aliphatic heterocycles. The Morgan fingerprint density at radius 1 is 1.29 bits per heavy atom. The fourth-order valence-electron chi connectivity index (χ4n) is 1.72. The lowest BCUT2D eigenvalue weighted by atomic mass is 10.1. The molecule has 2 rings (SSSR count). The highest BCUT2D eigenvalue weighted by Gasteiger charge is 2.06. The van der Waals surface area contributed by atoms with Crippen molar-refractivity contribution in [2.75, 3.05) is 6.61 Å². The largest absolute Gasteiger partial charge is 0.477 e. The standard InChI is InChI=1S/C14H17NO2/c1-2-3-8-17-14-13-7-5-4-6-11(13)9-12(10-16)15-14/h4-7,9,16H,2-3,8,10H2,1H3. The van der Waals surface area contributed by atoms with Crippen molar-refractivity contribution in [1.29, 1.82) is 0 Å². The molecule has 0 bridgehead atoms. The van der Waals surface area contributed by atoms with E-state index < -0.39 is 0 Å². The predicted octanol–water partition coefficient (Wildman–Crippen LogP) is 2.91. The fourth-order valence-corrected chi connectivity index (χ4v) is 1.72. The first-order valence-electron chi connectivity index (χ1n) is 5.97. The molecule has 0 amide bonds. The highest BCUT2D eigenvalue weighted by Crippen LogP contribution is 2.24. The van der Waals surface area contributed by atoms with Crippen LogP contribution in [0.4, 0.5) is 0 Å². The number of benzene rings is 1. The van der Waals surface area contributed by atoms with Gasteiger partial charge in [0, 0.05) is 5.39 Å². The number of aliphatic hydroxyl groups is 1. The summed E-state index contributed by atoms with van der Waals surface area (Å²) in [5.41, 5.74) is 0.648. The average molecular weight is 231 g/mol. The van der Waals surface area contributed by atoms with Crippen molar-refractivity contribution < 1.29 is 9.84 Å². The van der Waals surface area contributed by atoms with Gasteiger partial charge in [-0.15, -0.1) is 0 Å². The van der Waals surface area contributed by atoms with Crippen LogP contribution in [0.25, 0.3) is 10.8 Å². The zero-order chi connectivity index (χ0) is 12.1. The van der Waals surface area contributed by atoms with Crippen LogP contribution >= 0.6 is 0 Å². The Labute approximate surface area is 101 Å². The molecule has 3 nitrogen and oxygen atoms in total. The van der Waals surface area contributed by atoms with E-state index in [0.29, 0.717) is 18.2 Å². The van der Waals surface area contributed by atoms with E-state index in [9.17, 15) is 5.11 Å². The average Bonchev–Trinajstić information content (AvgIpc) is 2.38. The van der Waals surface area contributed by atoms with Crippen LogP contribution in [-0.2, 0) is 6.61 Å². The molecule has 0 radical (unpaired) electrons. The maximum Gasteiger partial charge on any atom is 0.221 e. The minimum atomic E-state index is -0.0605. The maximum absolute atomic E-state index is 9.18. The van der Waals surface area contributed by atoms with Crippen LogP contribution in [0.3, 0.4) is 0 Å². The van der Waals surface area contributed by atoms with Gasteiger partial charge in [0.2, 0.25) is 5.88 Å². The number of unbranched alkanes of at least 4 members (excludes halogenated alkanes) is 1. The molecule has 1 N–H and O–H groups in total. The predicted molar refractivity (Wildman–Crippen MR) is 68.1 cm³/mol. The molecule has 0 aliphatic rings. The van der Waals surface area contributed by atoms with Crippen molar-refractivity contribution >= 4 is 10.8 Å². The van der Waals surface area contributed by atoms with Gasteiger partial charge in [0.15, 0.2) is 0 Å². The zero-order valence-electron chi connectivity index (χ0n) is 10.0. The van der Waals surface area contributed by atoms with Crippen LogP contribution in [0.15, 0.2) is 30.3 Å². The molecule has 3 heteroatoms. The number of ether oxygens (including phenoxy) is 1. The van der Waals surface area contributed by atoms with Crippen molar-refractivity contribution in [2.24, 2.45) is 0 Å². The van der Waals surface area contributed by atoms with Crippen LogP contribution in [-0.4, -0.2) is 16.7 Å². The van der Waals surface area contributed by atoms with Gasteiger partial charge in [0.25, 0.3) is 0 Å². The van der Waals surface area contributed by atoms with Crippen molar-refractivity contribution in [2.45, 2.75) is 26.4 Å². The number of hydrogen-bond acceptors (Lipinski definition) is 3. The van der Waals surface area contributed by atoms with E-state index in [1.807, 2.05) is 30.3 Å². The van der Waals surface area contributed by atoms with E-state index in [1.54, 1.807) is 0 Å². The van der Waals surface area contributed by atoms with Gasteiger partial charge in [-0.05, 0) is 23.9 Å². The van der Waals surface area contributed by atoms with Crippen molar-refractivity contribution in [3.63, 3.8) is 0 Å². The lowest BCUT2D eigenvalue weighted by Gasteiger charge is -2.09. The van der Waals surface area contributed by atoms with Crippen molar-refractivity contribution in [3.05, 3.63) is 36.0 Å². The molecule has 0 fully saturated rings. The third-order valence-corrected chi connectivity index (χ3v) is 2.66. The molecule has 1 aromatic heterocycles. The lowest BCUT2D eigenvalue weighted by molar-refractivity contribution is 0.269. The number of nitrogens with zero attached hydrogens (tertiary/aromatic N) is 1. The number of rotatable bonds is 5. The van der Waals surface area contributed by atoms with Crippen LogP contribution in [0, 0.1) is 0 Å². The molecule has 90 valence electrons. The molecule has 17 heavy (non-hydrogen) atoms. The quantitative estimate of drug-likeness (QED) is 0.804. The Morgan fingerprint density at radius 3 is 2.88 bits per heavy atom. The first-order chi connectivity index (χ1) is 8.35. The molecule has 2 aromatic rings. The van der Waals surface area contributed by atoms with Gasteiger partial charge < -0.3 is 9.84 Å². The third kappa shape index (κ3) is 2.74. The summed E-state index contributed by atoms with van der Waals surface area (Å²) in [6.45, 7) is 2.73. The fraction of sp³-hybridized carbons (Fsp3) is 0.357. The first-order valence-corrected chi connectivity index (χ1v) is 5.97. The van der Waals surface area contributed by atoms with Crippen LogP contribution in [0.1, 0.15) is 25.5 Å². The molecule has 0 spiro atoms. The number of aromatic nitrogens is 1. The highest BCUT2D eigenvalue weighted by molar-refractivity contribution is 5.87. The molecule has 0 saturated heterocycles. The molecule has 0 atom stereocenters. The second-order valence-corrected chi connectivity index (χ2v) is 4.00. The molecular formula is C14H17NO2. The molecule has 0 aliphatic carbocycles. The number of pyridine rings is 1. The van der Waals surface area contributed by atoms with E-state index in [1.165, 1.54) is 0 Å². The second kappa shape index (κ2) is 5.64. The van der Waals surface area contributed by atoms with Crippen LogP contribution in [0.2, 0.25) is 0 Å². The van der Waals surface area contributed by atoms with Crippen LogP contribution < -0.4 is 4.74 Å². The van der Waals surface area contributed by atoms with Crippen molar-refractivity contribution in [3.8, 4) is 5.88 Å². The van der Waals surface area contributed by atoms with Gasteiger partial charge in [-0.2, -0.15) is 0 Å². The Balaban J connectivity index is 2.36. The van der Waals surface area contributed by atoms with Gasteiger partial charge in [0.1, 0.15) is 0 Å². The van der Waals surface area contributed by atoms with E-state index in [2.05, 4.69) is 11.9 Å². The molecular weight excluding hydrogens is 214 g/mol. The monoisotopic (exact) mass is 231 g/mol. The minimum absolute atomic E-state index is 0.0605. The second-order valence-electron chi connectivity index (χ2n) is 4.00. The molecule has 1 heterocycles. The SMILES string of the molecule is CCCCOc1nc(CO)cc2ccccc12. The van der Waals surface area contributed by atoms with Gasteiger partial charge in [-0.25, -0.2) is 4.98 Å². The summed E-state index contributed by atoms with van der Waals surface area (Å²) < 4.78 is 5.68. The summed E-state index contributed by atoms with van der Waals surface area (Å²) in [5, 5.41) is 11.2. The summed E-state index contributed by atoms with van der Waals surface area (Å²) in [7, 11) is 0. The number of hydrogen-bond donors (Lipinski definition) is 1. The minimum Gasteiger partial charge on any atom is -0.477 e. The lowest BCUT2D eigenvalue weighted by Crippen LogP contribution is -2.01. The van der Waals surface area contributed by atoms with Gasteiger partial charge in [0.05, 0.1) is 18.9 Å². The Hall–Kier alpha value is -1.61. The summed E-state index contributed by atoms with van der Waals surface area (Å²) >= 11 is 0. The van der Waals surface area contributed by atoms with Crippen LogP contribution in [0.5, 0.6) is 5.88 Å². The molecule has 0 unspecified atom stereocenters. The molecule has 1 aromatic carbocycles. The number of fused-ring (bicyclic) bond motifs is 1.